The van der Waals surface area contributed by atoms with Crippen LogP contribution in [0.3, 0.4) is 0 Å². The molecule has 2 saturated heterocycles. The maximum Gasteiger partial charge on any atom is 0.194 e. The molecular weight excluding hydrogens is 441 g/mol. The van der Waals surface area contributed by atoms with Gasteiger partial charge in [0.25, 0.3) is 0 Å². The van der Waals surface area contributed by atoms with Crippen LogP contribution in [0.15, 0.2) is 27.8 Å². The first kappa shape index (κ1) is 20.0. The fourth-order valence-electron chi connectivity index (χ4n) is 4.65. The standard InChI is InChI=1S/C20H31N3O2.HI/c1-2-9-20(8-1)10-12-23(16-20)19(22-15-18-6-4-14-25-18)21-11-7-17-5-3-13-24-17;/h3,5,13,18H,1-2,4,6-12,14-16H2,(H,21,22);1H. The van der Waals surface area contributed by atoms with Crippen LogP contribution in [-0.4, -0.2) is 49.7 Å². The van der Waals surface area contributed by atoms with Gasteiger partial charge in [0.15, 0.2) is 5.96 Å². The Bertz CT molecular complexity index is 564. The average molecular weight is 473 g/mol. The molecule has 1 unspecified atom stereocenters. The summed E-state index contributed by atoms with van der Waals surface area (Å²) >= 11 is 0. The van der Waals surface area contributed by atoms with Crippen molar-refractivity contribution in [2.75, 3.05) is 32.8 Å². The lowest BCUT2D eigenvalue weighted by atomic mass is 9.86. The second-order valence-corrected chi connectivity index (χ2v) is 7.93. The van der Waals surface area contributed by atoms with Crippen LogP contribution in [0.25, 0.3) is 0 Å². The third-order valence-corrected chi connectivity index (χ3v) is 6.11. The van der Waals surface area contributed by atoms with E-state index in [2.05, 4.69) is 10.2 Å². The molecule has 4 rings (SSSR count). The second-order valence-electron chi connectivity index (χ2n) is 7.93. The van der Waals surface area contributed by atoms with Gasteiger partial charge in [-0.05, 0) is 49.7 Å². The van der Waals surface area contributed by atoms with Crippen molar-refractivity contribution < 1.29 is 9.15 Å². The zero-order chi connectivity index (χ0) is 17.0. The molecule has 146 valence electrons. The van der Waals surface area contributed by atoms with Gasteiger partial charge in [0, 0.05) is 32.7 Å². The Hall–Kier alpha value is -0.760. The predicted octanol–water partition coefficient (Wildman–Crippen LogP) is 3.83. The van der Waals surface area contributed by atoms with E-state index in [0.29, 0.717) is 11.5 Å². The van der Waals surface area contributed by atoms with Gasteiger partial charge in [-0.3, -0.25) is 4.99 Å². The van der Waals surface area contributed by atoms with Crippen molar-refractivity contribution in [1.82, 2.24) is 10.2 Å². The van der Waals surface area contributed by atoms with E-state index in [0.717, 1.165) is 50.8 Å². The number of furan rings is 1. The maximum absolute atomic E-state index is 5.75. The number of nitrogens with zero attached hydrogens (tertiary/aromatic N) is 2. The van der Waals surface area contributed by atoms with Crippen LogP contribution in [-0.2, 0) is 11.2 Å². The highest BCUT2D eigenvalue weighted by Gasteiger charge is 2.41. The molecule has 26 heavy (non-hydrogen) atoms. The number of guanidine groups is 1. The highest BCUT2D eigenvalue weighted by molar-refractivity contribution is 14.0. The monoisotopic (exact) mass is 473 g/mol. The minimum absolute atomic E-state index is 0. The summed E-state index contributed by atoms with van der Waals surface area (Å²) in [5, 5.41) is 3.59. The lowest BCUT2D eigenvalue weighted by Gasteiger charge is -2.26. The SMILES string of the molecule is I.c1coc(CCNC(=NCC2CCCO2)N2CCC3(CCCC3)C2)c1. The summed E-state index contributed by atoms with van der Waals surface area (Å²) in [5.41, 5.74) is 0.563. The molecule has 1 aromatic heterocycles. The first-order chi connectivity index (χ1) is 12.3. The summed E-state index contributed by atoms with van der Waals surface area (Å²) in [5.74, 6) is 2.10. The van der Waals surface area contributed by atoms with Crippen molar-refractivity contribution in [1.29, 1.82) is 0 Å². The molecule has 0 amide bonds. The number of aliphatic imine (C=N–C) groups is 1. The molecule has 0 radical (unpaired) electrons. The number of hydrogen-bond acceptors (Lipinski definition) is 3. The van der Waals surface area contributed by atoms with Gasteiger partial charge in [0.05, 0.1) is 18.9 Å². The molecule has 1 N–H and O–H groups in total. The largest absolute Gasteiger partial charge is 0.469 e. The number of likely N-dealkylation sites (tertiary alicyclic amines) is 1. The number of ether oxygens (including phenoxy) is 1. The van der Waals surface area contributed by atoms with Crippen LogP contribution in [0.5, 0.6) is 0 Å². The van der Waals surface area contributed by atoms with Crippen LogP contribution in [0.4, 0.5) is 0 Å². The van der Waals surface area contributed by atoms with E-state index < -0.39 is 0 Å². The molecule has 0 aromatic carbocycles. The molecule has 1 spiro atoms. The average Bonchev–Trinajstić information content (AvgIpc) is 3.41. The fourth-order valence-corrected chi connectivity index (χ4v) is 4.65. The van der Waals surface area contributed by atoms with Crippen molar-refractivity contribution in [3.8, 4) is 0 Å². The molecule has 6 heteroatoms. The maximum atomic E-state index is 5.75. The lowest BCUT2D eigenvalue weighted by Crippen LogP contribution is -2.42. The van der Waals surface area contributed by atoms with Gasteiger partial charge in [-0.2, -0.15) is 0 Å². The smallest absolute Gasteiger partial charge is 0.194 e. The van der Waals surface area contributed by atoms with E-state index in [1.165, 1.54) is 45.1 Å². The molecule has 2 aliphatic heterocycles. The quantitative estimate of drug-likeness (QED) is 0.401. The highest BCUT2D eigenvalue weighted by atomic mass is 127. The van der Waals surface area contributed by atoms with Crippen molar-refractivity contribution >= 4 is 29.9 Å². The van der Waals surface area contributed by atoms with Gasteiger partial charge in [0.2, 0.25) is 0 Å². The normalized spacial score (nSPS) is 25.0. The van der Waals surface area contributed by atoms with Crippen LogP contribution < -0.4 is 5.32 Å². The number of rotatable bonds is 5. The fraction of sp³-hybridized carbons (Fsp3) is 0.750. The first-order valence-corrected chi connectivity index (χ1v) is 10.0. The Morgan fingerprint density at radius 1 is 1.27 bits per heavy atom. The van der Waals surface area contributed by atoms with Gasteiger partial charge in [0.1, 0.15) is 5.76 Å². The van der Waals surface area contributed by atoms with Gasteiger partial charge in [-0.1, -0.05) is 12.8 Å². The van der Waals surface area contributed by atoms with Crippen LogP contribution in [0, 0.1) is 5.41 Å². The van der Waals surface area contributed by atoms with Crippen molar-refractivity contribution in [3.05, 3.63) is 24.2 Å². The molecule has 1 aliphatic carbocycles. The zero-order valence-electron chi connectivity index (χ0n) is 15.6. The van der Waals surface area contributed by atoms with E-state index in [4.69, 9.17) is 14.1 Å². The van der Waals surface area contributed by atoms with Crippen LogP contribution >= 0.6 is 24.0 Å². The summed E-state index contributed by atoms with van der Waals surface area (Å²) in [7, 11) is 0. The molecule has 0 bridgehead atoms. The van der Waals surface area contributed by atoms with E-state index in [9.17, 15) is 0 Å². The zero-order valence-corrected chi connectivity index (χ0v) is 18.0. The summed E-state index contributed by atoms with van der Waals surface area (Å²) in [6, 6.07) is 3.99. The highest BCUT2D eigenvalue weighted by Crippen LogP contribution is 2.45. The topological polar surface area (TPSA) is 50.0 Å². The summed E-state index contributed by atoms with van der Waals surface area (Å²) < 4.78 is 11.2. The summed E-state index contributed by atoms with van der Waals surface area (Å²) in [6.07, 6.45) is 12.2. The van der Waals surface area contributed by atoms with Crippen LogP contribution in [0.2, 0.25) is 0 Å². The van der Waals surface area contributed by atoms with Gasteiger partial charge >= 0.3 is 0 Å². The Balaban J connectivity index is 0.00000196. The Morgan fingerprint density at radius 2 is 2.15 bits per heavy atom. The Labute approximate surface area is 174 Å². The minimum atomic E-state index is 0. The first-order valence-electron chi connectivity index (χ1n) is 10.0. The van der Waals surface area contributed by atoms with Crippen molar-refractivity contribution in [2.24, 2.45) is 10.4 Å². The second kappa shape index (κ2) is 9.44. The molecule has 1 saturated carbocycles. The van der Waals surface area contributed by atoms with Crippen molar-refractivity contribution in [2.45, 2.75) is 57.5 Å². The Morgan fingerprint density at radius 3 is 2.88 bits per heavy atom. The lowest BCUT2D eigenvalue weighted by molar-refractivity contribution is 0.117. The van der Waals surface area contributed by atoms with Crippen molar-refractivity contribution in [3.63, 3.8) is 0 Å². The molecule has 3 heterocycles. The molecule has 3 aliphatic rings. The third-order valence-electron chi connectivity index (χ3n) is 6.11. The minimum Gasteiger partial charge on any atom is -0.469 e. The van der Waals surface area contributed by atoms with Crippen LogP contribution in [0.1, 0.15) is 50.7 Å². The number of hydrogen-bond donors (Lipinski definition) is 1. The molecule has 5 nitrogen and oxygen atoms in total. The van der Waals surface area contributed by atoms with E-state index in [1.54, 1.807) is 6.26 Å². The molecule has 1 atom stereocenters. The predicted molar refractivity (Wildman–Crippen MR) is 114 cm³/mol. The van der Waals surface area contributed by atoms with Gasteiger partial charge < -0.3 is 19.4 Å². The van der Waals surface area contributed by atoms with E-state index in [1.807, 2.05) is 12.1 Å². The summed E-state index contributed by atoms with van der Waals surface area (Å²) in [4.78, 5) is 7.43. The summed E-state index contributed by atoms with van der Waals surface area (Å²) in [6.45, 7) is 4.85. The van der Waals surface area contributed by atoms with Gasteiger partial charge in [-0.25, -0.2) is 0 Å². The molecule has 1 aromatic rings. The number of halogens is 1. The Kier molecular flexibility index (Phi) is 7.26. The molecule has 3 fully saturated rings. The van der Waals surface area contributed by atoms with E-state index >= 15 is 0 Å². The molecular formula is C20H32IN3O2. The van der Waals surface area contributed by atoms with E-state index in [-0.39, 0.29) is 24.0 Å². The number of nitrogens with one attached hydrogen (secondary N) is 1. The van der Waals surface area contributed by atoms with Gasteiger partial charge in [-0.15, -0.1) is 24.0 Å². The third kappa shape index (κ3) is 4.94.